The van der Waals surface area contributed by atoms with Crippen molar-refractivity contribution in [3.8, 4) is 0 Å². The molecule has 2 fully saturated rings. The average molecular weight is 267 g/mol. The maximum Gasteiger partial charge on any atom is 0.236 e. The third-order valence-electron chi connectivity index (χ3n) is 4.52. The molecule has 0 aromatic heterocycles. The summed E-state index contributed by atoms with van der Waals surface area (Å²) in [5, 5.41) is 3.21. The van der Waals surface area contributed by atoms with Gasteiger partial charge in [-0.05, 0) is 38.9 Å². The summed E-state index contributed by atoms with van der Waals surface area (Å²) in [6.45, 7) is 12.6. The number of nitrogens with one attached hydrogen (secondary N) is 1. The zero-order valence-corrected chi connectivity index (χ0v) is 12.7. The molecule has 0 bridgehead atoms. The molecule has 1 N–H and O–H groups in total. The molecule has 2 heterocycles. The first-order valence-corrected chi connectivity index (χ1v) is 7.78. The lowest BCUT2D eigenvalue weighted by Crippen LogP contribution is -2.63. The predicted octanol–water partition coefficient (Wildman–Crippen LogP) is 1.32. The summed E-state index contributed by atoms with van der Waals surface area (Å²) in [7, 11) is 0. The van der Waals surface area contributed by atoms with Gasteiger partial charge in [0.15, 0.2) is 0 Å². The number of amides is 1. The van der Waals surface area contributed by atoms with E-state index in [0.29, 0.717) is 18.0 Å². The van der Waals surface area contributed by atoms with Gasteiger partial charge in [0, 0.05) is 24.5 Å². The van der Waals surface area contributed by atoms with Gasteiger partial charge >= 0.3 is 0 Å². The molecule has 0 aromatic rings. The standard InChI is InChI=1S/C15H29N3O/c1-4-7-17-8-5-15(6-9-17)11-18(12-15)14(19)10-16-13(2)3/h13,16H,4-12H2,1-3H3. The van der Waals surface area contributed by atoms with Crippen molar-refractivity contribution >= 4 is 5.91 Å². The second kappa shape index (κ2) is 6.23. The first-order valence-electron chi connectivity index (χ1n) is 7.78. The van der Waals surface area contributed by atoms with Crippen LogP contribution in [-0.4, -0.2) is 61.0 Å². The zero-order chi connectivity index (χ0) is 13.9. The summed E-state index contributed by atoms with van der Waals surface area (Å²) in [6.07, 6.45) is 3.79. The van der Waals surface area contributed by atoms with Crippen LogP contribution in [-0.2, 0) is 4.79 Å². The van der Waals surface area contributed by atoms with Gasteiger partial charge in [0.2, 0.25) is 5.91 Å². The maximum absolute atomic E-state index is 12.0. The van der Waals surface area contributed by atoms with Gasteiger partial charge in [-0.3, -0.25) is 4.79 Å². The number of carbonyl (C=O) groups is 1. The molecule has 0 atom stereocenters. The molecule has 1 spiro atoms. The first kappa shape index (κ1) is 14.8. The van der Waals surface area contributed by atoms with Crippen molar-refractivity contribution in [2.45, 2.75) is 46.1 Å². The van der Waals surface area contributed by atoms with Gasteiger partial charge < -0.3 is 15.1 Å². The van der Waals surface area contributed by atoms with Crippen LogP contribution in [0.4, 0.5) is 0 Å². The minimum atomic E-state index is 0.273. The zero-order valence-electron chi connectivity index (χ0n) is 12.7. The number of hydrogen-bond acceptors (Lipinski definition) is 3. The summed E-state index contributed by atoms with van der Waals surface area (Å²) in [5.74, 6) is 0.273. The van der Waals surface area contributed by atoms with Gasteiger partial charge in [0.05, 0.1) is 6.54 Å². The lowest BCUT2D eigenvalue weighted by molar-refractivity contribution is -0.145. The van der Waals surface area contributed by atoms with Crippen molar-refractivity contribution in [3.05, 3.63) is 0 Å². The van der Waals surface area contributed by atoms with Gasteiger partial charge in [0.1, 0.15) is 0 Å². The molecule has 4 heteroatoms. The normalized spacial score (nSPS) is 22.8. The summed E-state index contributed by atoms with van der Waals surface area (Å²) in [6, 6.07) is 0.386. The Morgan fingerprint density at radius 2 is 1.89 bits per heavy atom. The smallest absolute Gasteiger partial charge is 0.236 e. The Kier molecular flexibility index (Phi) is 4.85. The Balaban J connectivity index is 1.69. The molecule has 4 nitrogen and oxygen atoms in total. The quantitative estimate of drug-likeness (QED) is 0.816. The van der Waals surface area contributed by atoms with Crippen LogP contribution in [0.2, 0.25) is 0 Å². The van der Waals surface area contributed by atoms with Crippen LogP contribution in [0.3, 0.4) is 0 Å². The number of carbonyl (C=O) groups excluding carboxylic acids is 1. The molecular formula is C15H29N3O. The molecule has 0 aliphatic carbocycles. The van der Waals surface area contributed by atoms with Crippen LogP contribution in [0.1, 0.15) is 40.0 Å². The van der Waals surface area contributed by atoms with Crippen molar-refractivity contribution in [2.24, 2.45) is 5.41 Å². The second-order valence-electron chi connectivity index (χ2n) is 6.63. The Hall–Kier alpha value is -0.610. The highest BCUT2D eigenvalue weighted by atomic mass is 16.2. The molecule has 0 saturated carbocycles. The van der Waals surface area contributed by atoms with Gasteiger partial charge in [-0.1, -0.05) is 20.8 Å². The molecule has 2 aliphatic heterocycles. The fourth-order valence-corrected chi connectivity index (χ4v) is 3.23. The number of rotatable bonds is 5. The van der Waals surface area contributed by atoms with Crippen molar-refractivity contribution in [1.29, 1.82) is 0 Å². The van der Waals surface area contributed by atoms with Crippen LogP contribution in [0.5, 0.6) is 0 Å². The molecule has 110 valence electrons. The highest BCUT2D eigenvalue weighted by molar-refractivity contribution is 5.79. The van der Waals surface area contributed by atoms with Crippen molar-refractivity contribution in [1.82, 2.24) is 15.1 Å². The summed E-state index contributed by atoms with van der Waals surface area (Å²) in [5.41, 5.74) is 0.456. The van der Waals surface area contributed by atoms with E-state index in [1.165, 1.54) is 38.9 Å². The van der Waals surface area contributed by atoms with Crippen molar-refractivity contribution < 1.29 is 4.79 Å². The summed E-state index contributed by atoms with van der Waals surface area (Å²) in [4.78, 5) is 16.6. The van der Waals surface area contributed by atoms with E-state index in [9.17, 15) is 4.79 Å². The molecule has 0 unspecified atom stereocenters. The third-order valence-corrected chi connectivity index (χ3v) is 4.52. The minimum Gasteiger partial charge on any atom is -0.340 e. The molecule has 2 rings (SSSR count). The highest BCUT2D eigenvalue weighted by Crippen LogP contribution is 2.40. The third kappa shape index (κ3) is 3.69. The van der Waals surface area contributed by atoms with E-state index >= 15 is 0 Å². The Morgan fingerprint density at radius 1 is 1.26 bits per heavy atom. The largest absolute Gasteiger partial charge is 0.340 e. The van der Waals surface area contributed by atoms with E-state index in [1.807, 2.05) is 4.90 Å². The van der Waals surface area contributed by atoms with Crippen LogP contribution in [0, 0.1) is 5.41 Å². The second-order valence-corrected chi connectivity index (χ2v) is 6.63. The fourth-order valence-electron chi connectivity index (χ4n) is 3.23. The van der Waals surface area contributed by atoms with Crippen LogP contribution in [0.25, 0.3) is 0 Å². The van der Waals surface area contributed by atoms with Crippen LogP contribution in [0.15, 0.2) is 0 Å². The Morgan fingerprint density at radius 3 is 2.42 bits per heavy atom. The number of nitrogens with zero attached hydrogens (tertiary/aromatic N) is 2. The van der Waals surface area contributed by atoms with E-state index in [0.717, 1.165) is 13.1 Å². The monoisotopic (exact) mass is 267 g/mol. The SMILES string of the molecule is CCCN1CCC2(CC1)CN(C(=O)CNC(C)C)C2. The molecule has 0 radical (unpaired) electrons. The molecule has 0 aromatic carbocycles. The molecule has 1 amide bonds. The molecule has 2 aliphatic rings. The Bertz CT molecular complexity index is 301. The number of likely N-dealkylation sites (tertiary alicyclic amines) is 2. The number of piperidine rings is 1. The maximum atomic E-state index is 12.0. The van der Waals surface area contributed by atoms with E-state index in [2.05, 4.69) is 31.0 Å². The van der Waals surface area contributed by atoms with E-state index < -0.39 is 0 Å². The molecule has 19 heavy (non-hydrogen) atoms. The van der Waals surface area contributed by atoms with Crippen LogP contribution >= 0.6 is 0 Å². The van der Waals surface area contributed by atoms with Crippen molar-refractivity contribution in [3.63, 3.8) is 0 Å². The summed E-state index contributed by atoms with van der Waals surface area (Å²) >= 11 is 0. The fraction of sp³-hybridized carbons (Fsp3) is 0.933. The van der Waals surface area contributed by atoms with Gasteiger partial charge in [0.25, 0.3) is 0 Å². The predicted molar refractivity (Wildman–Crippen MR) is 78.1 cm³/mol. The lowest BCUT2D eigenvalue weighted by atomic mass is 9.72. The van der Waals surface area contributed by atoms with Crippen LogP contribution < -0.4 is 5.32 Å². The summed E-state index contributed by atoms with van der Waals surface area (Å²) < 4.78 is 0. The van der Waals surface area contributed by atoms with Crippen molar-refractivity contribution in [2.75, 3.05) is 39.3 Å². The lowest BCUT2D eigenvalue weighted by Gasteiger charge is -2.54. The van der Waals surface area contributed by atoms with Gasteiger partial charge in [-0.2, -0.15) is 0 Å². The topological polar surface area (TPSA) is 35.6 Å². The average Bonchev–Trinajstić information content (AvgIpc) is 2.35. The first-order chi connectivity index (χ1) is 9.04. The number of hydrogen-bond donors (Lipinski definition) is 1. The molecule has 2 saturated heterocycles. The van der Waals surface area contributed by atoms with E-state index in [4.69, 9.17) is 0 Å². The minimum absolute atomic E-state index is 0.273. The molecular weight excluding hydrogens is 238 g/mol. The van der Waals surface area contributed by atoms with Gasteiger partial charge in [-0.25, -0.2) is 0 Å². The van der Waals surface area contributed by atoms with E-state index in [-0.39, 0.29) is 5.91 Å². The van der Waals surface area contributed by atoms with Gasteiger partial charge in [-0.15, -0.1) is 0 Å². The Labute approximate surface area is 117 Å². The van der Waals surface area contributed by atoms with E-state index in [1.54, 1.807) is 0 Å². The highest BCUT2D eigenvalue weighted by Gasteiger charge is 2.46.